The van der Waals surface area contributed by atoms with Gasteiger partial charge in [-0.25, -0.2) is 0 Å². The van der Waals surface area contributed by atoms with E-state index >= 15 is 0 Å². The fourth-order valence-electron chi connectivity index (χ4n) is 1.34. The average Bonchev–Trinajstić information content (AvgIpc) is 2.40. The van der Waals surface area contributed by atoms with Crippen LogP contribution in [0.15, 0.2) is 36.8 Å². The lowest BCUT2D eigenvalue weighted by Gasteiger charge is -2.05. The highest BCUT2D eigenvalue weighted by molar-refractivity contribution is 5.31. The highest BCUT2D eigenvalue weighted by atomic mass is 16.5. The Morgan fingerprint density at radius 1 is 1.29 bits per heavy atom. The van der Waals surface area contributed by atoms with Crippen molar-refractivity contribution in [3.05, 3.63) is 42.5 Å². The van der Waals surface area contributed by atoms with Gasteiger partial charge in [0.05, 0.1) is 19.0 Å². The SMILES string of the molecule is CNc1cncc(OCCc2ccccn2)n1. The second-order valence-corrected chi connectivity index (χ2v) is 3.41. The number of nitrogens with zero attached hydrogens (tertiary/aromatic N) is 3. The predicted octanol–water partition coefficient (Wildman–Crippen LogP) is 1.53. The highest BCUT2D eigenvalue weighted by Gasteiger charge is 1.99. The van der Waals surface area contributed by atoms with E-state index in [4.69, 9.17) is 4.74 Å². The number of ether oxygens (including phenoxy) is 1. The zero-order valence-electron chi connectivity index (χ0n) is 9.63. The van der Waals surface area contributed by atoms with Crippen LogP contribution in [0.5, 0.6) is 5.88 Å². The number of hydrogen-bond acceptors (Lipinski definition) is 5. The summed E-state index contributed by atoms with van der Waals surface area (Å²) in [6.07, 6.45) is 5.77. The maximum absolute atomic E-state index is 5.50. The number of hydrogen-bond donors (Lipinski definition) is 1. The molecule has 2 heterocycles. The zero-order valence-corrected chi connectivity index (χ0v) is 9.63. The van der Waals surface area contributed by atoms with Crippen LogP contribution in [0.1, 0.15) is 5.69 Å². The summed E-state index contributed by atoms with van der Waals surface area (Å²) < 4.78 is 5.50. The molecule has 2 rings (SSSR count). The first-order valence-corrected chi connectivity index (χ1v) is 5.41. The van der Waals surface area contributed by atoms with E-state index in [0.717, 1.165) is 12.1 Å². The van der Waals surface area contributed by atoms with E-state index in [-0.39, 0.29) is 0 Å². The second kappa shape index (κ2) is 5.79. The molecule has 0 fully saturated rings. The van der Waals surface area contributed by atoms with Gasteiger partial charge in [0.2, 0.25) is 5.88 Å². The summed E-state index contributed by atoms with van der Waals surface area (Å²) >= 11 is 0. The van der Waals surface area contributed by atoms with E-state index in [2.05, 4.69) is 20.3 Å². The molecule has 0 aliphatic carbocycles. The van der Waals surface area contributed by atoms with Gasteiger partial charge in [-0.3, -0.25) is 9.97 Å². The Morgan fingerprint density at radius 2 is 2.24 bits per heavy atom. The number of pyridine rings is 1. The molecule has 0 spiro atoms. The maximum atomic E-state index is 5.50. The molecule has 0 saturated carbocycles. The molecule has 0 atom stereocenters. The summed E-state index contributed by atoms with van der Waals surface area (Å²) in [5.74, 6) is 1.22. The Bertz CT molecular complexity index is 461. The number of rotatable bonds is 5. The van der Waals surface area contributed by atoms with Crippen molar-refractivity contribution >= 4 is 5.82 Å². The Balaban J connectivity index is 1.86. The van der Waals surface area contributed by atoms with E-state index < -0.39 is 0 Å². The Morgan fingerprint density at radius 3 is 3.00 bits per heavy atom. The summed E-state index contributed by atoms with van der Waals surface area (Å²) in [5.41, 5.74) is 1.00. The molecule has 0 bridgehead atoms. The predicted molar refractivity (Wildman–Crippen MR) is 65.0 cm³/mol. The van der Waals surface area contributed by atoms with Crippen molar-refractivity contribution in [3.8, 4) is 5.88 Å². The van der Waals surface area contributed by atoms with Gasteiger partial charge >= 0.3 is 0 Å². The van der Waals surface area contributed by atoms with Crippen LogP contribution in [0.25, 0.3) is 0 Å². The molecule has 0 unspecified atom stereocenters. The quantitative estimate of drug-likeness (QED) is 0.844. The van der Waals surface area contributed by atoms with Gasteiger partial charge in [-0.05, 0) is 12.1 Å². The van der Waals surface area contributed by atoms with Crippen molar-refractivity contribution in [2.24, 2.45) is 0 Å². The zero-order chi connectivity index (χ0) is 11.9. The molecule has 1 N–H and O–H groups in total. The molecule has 0 saturated heterocycles. The molecule has 17 heavy (non-hydrogen) atoms. The second-order valence-electron chi connectivity index (χ2n) is 3.41. The molecule has 5 heteroatoms. The lowest BCUT2D eigenvalue weighted by atomic mass is 10.3. The van der Waals surface area contributed by atoms with E-state index in [1.165, 1.54) is 0 Å². The fraction of sp³-hybridized carbons (Fsp3) is 0.250. The Hall–Kier alpha value is -2.17. The first-order chi connectivity index (χ1) is 8.38. The minimum atomic E-state index is 0.521. The Kier molecular flexibility index (Phi) is 3.85. The Labute approximate surface area is 99.9 Å². The van der Waals surface area contributed by atoms with Crippen LogP contribution >= 0.6 is 0 Å². The van der Waals surface area contributed by atoms with Gasteiger partial charge in [0.15, 0.2) is 0 Å². The van der Waals surface area contributed by atoms with E-state index in [0.29, 0.717) is 18.3 Å². The van der Waals surface area contributed by atoms with Crippen LogP contribution in [0.2, 0.25) is 0 Å². The van der Waals surface area contributed by atoms with Crippen molar-refractivity contribution in [3.63, 3.8) is 0 Å². The van der Waals surface area contributed by atoms with Crippen LogP contribution in [0, 0.1) is 0 Å². The van der Waals surface area contributed by atoms with Gasteiger partial charge in [-0.2, -0.15) is 4.98 Å². The minimum Gasteiger partial charge on any atom is -0.476 e. The van der Waals surface area contributed by atoms with Gasteiger partial charge in [-0.1, -0.05) is 6.07 Å². The van der Waals surface area contributed by atoms with Gasteiger partial charge in [-0.15, -0.1) is 0 Å². The minimum absolute atomic E-state index is 0.521. The third-order valence-corrected chi connectivity index (χ3v) is 2.20. The van der Waals surface area contributed by atoms with Gasteiger partial charge in [0.25, 0.3) is 0 Å². The van der Waals surface area contributed by atoms with Crippen LogP contribution < -0.4 is 10.1 Å². The average molecular weight is 230 g/mol. The third kappa shape index (κ3) is 3.41. The first-order valence-electron chi connectivity index (χ1n) is 5.41. The molecule has 5 nitrogen and oxygen atoms in total. The van der Waals surface area contributed by atoms with Crippen molar-refractivity contribution < 1.29 is 4.74 Å². The lowest BCUT2D eigenvalue weighted by Crippen LogP contribution is -2.05. The number of nitrogens with one attached hydrogen (secondary N) is 1. The van der Waals surface area contributed by atoms with Crippen molar-refractivity contribution in [1.29, 1.82) is 0 Å². The summed E-state index contributed by atoms with van der Waals surface area (Å²) in [5, 5.41) is 2.91. The van der Waals surface area contributed by atoms with Gasteiger partial charge in [0.1, 0.15) is 5.82 Å². The molecular formula is C12H14N4O. The molecule has 0 aromatic carbocycles. The molecule has 0 aliphatic heterocycles. The van der Waals surface area contributed by atoms with Crippen LogP contribution in [0.4, 0.5) is 5.82 Å². The molecule has 88 valence electrons. The molecule has 0 radical (unpaired) electrons. The molecule has 0 aliphatic rings. The summed E-state index contributed by atoms with van der Waals surface area (Å²) in [6.45, 7) is 0.541. The van der Waals surface area contributed by atoms with E-state index in [9.17, 15) is 0 Å². The molecule has 0 amide bonds. The van der Waals surface area contributed by atoms with Crippen LogP contribution in [-0.2, 0) is 6.42 Å². The number of anilines is 1. The summed E-state index contributed by atoms with van der Waals surface area (Å²) in [4.78, 5) is 12.4. The maximum Gasteiger partial charge on any atom is 0.234 e. The third-order valence-electron chi connectivity index (χ3n) is 2.20. The van der Waals surface area contributed by atoms with E-state index in [1.807, 2.05) is 18.2 Å². The number of aromatic nitrogens is 3. The fourth-order valence-corrected chi connectivity index (χ4v) is 1.34. The molecular weight excluding hydrogens is 216 g/mol. The monoisotopic (exact) mass is 230 g/mol. The summed E-state index contributed by atoms with van der Waals surface area (Å²) in [6, 6.07) is 5.83. The molecule has 2 aromatic heterocycles. The van der Waals surface area contributed by atoms with Gasteiger partial charge < -0.3 is 10.1 Å². The van der Waals surface area contributed by atoms with Crippen molar-refractivity contribution in [2.75, 3.05) is 19.0 Å². The highest BCUT2D eigenvalue weighted by Crippen LogP contribution is 2.08. The first kappa shape index (κ1) is 11.3. The van der Waals surface area contributed by atoms with Crippen LogP contribution in [0.3, 0.4) is 0 Å². The van der Waals surface area contributed by atoms with Crippen molar-refractivity contribution in [1.82, 2.24) is 15.0 Å². The van der Waals surface area contributed by atoms with Gasteiger partial charge in [0, 0.05) is 25.4 Å². The van der Waals surface area contributed by atoms with Crippen LogP contribution in [-0.4, -0.2) is 28.6 Å². The normalized spacial score (nSPS) is 9.94. The largest absolute Gasteiger partial charge is 0.476 e. The lowest BCUT2D eigenvalue weighted by molar-refractivity contribution is 0.307. The standard InChI is InChI=1S/C12H14N4O/c1-13-11-8-14-9-12(16-11)17-7-5-10-4-2-3-6-15-10/h2-4,6,8-9H,5,7H2,1H3,(H,13,16). The smallest absolute Gasteiger partial charge is 0.234 e. The van der Waals surface area contributed by atoms with Crippen molar-refractivity contribution in [2.45, 2.75) is 6.42 Å². The topological polar surface area (TPSA) is 59.9 Å². The molecule has 2 aromatic rings. The summed E-state index contributed by atoms with van der Waals surface area (Å²) in [7, 11) is 1.79. The van der Waals surface area contributed by atoms with E-state index in [1.54, 1.807) is 25.6 Å².